The van der Waals surface area contributed by atoms with E-state index < -0.39 is 19.4 Å². The normalized spacial score (nSPS) is 23.2. The lowest BCUT2D eigenvalue weighted by molar-refractivity contribution is -0.132. The van der Waals surface area contributed by atoms with Crippen molar-refractivity contribution in [2.24, 2.45) is 11.7 Å². The Morgan fingerprint density at radius 2 is 2.12 bits per heavy atom. The van der Waals surface area contributed by atoms with Crippen molar-refractivity contribution in [1.29, 1.82) is 0 Å². The molecule has 6 nitrogen and oxygen atoms in total. The van der Waals surface area contributed by atoms with Crippen LogP contribution < -0.4 is 5.73 Å². The van der Waals surface area contributed by atoms with Gasteiger partial charge in [0.05, 0.1) is 6.04 Å². The molecule has 0 aromatic rings. The number of hydrogen-bond acceptors (Lipinski definition) is 3. The van der Waals surface area contributed by atoms with Crippen molar-refractivity contribution in [3.63, 3.8) is 0 Å². The Morgan fingerprint density at radius 1 is 1.53 bits per heavy atom. The number of amides is 1. The number of nitrogens with two attached hydrogens (primary N) is 1. The largest absolute Gasteiger partial charge is 0.347 e. The van der Waals surface area contributed by atoms with Gasteiger partial charge < -0.3 is 20.4 Å². The average molecular weight is 264 g/mol. The topological polar surface area (TPSA) is 104 Å². The summed E-state index contributed by atoms with van der Waals surface area (Å²) in [5.41, 5.74) is 5.76. The summed E-state index contributed by atoms with van der Waals surface area (Å²) in [6, 6.07) is -0.665. The first-order valence-corrected chi connectivity index (χ1v) is 7.53. The first-order valence-electron chi connectivity index (χ1n) is 5.84. The van der Waals surface area contributed by atoms with Gasteiger partial charge in [0, 0.05) is 6.54 Å². The van der Waals surface area contributed by atoms with Crippen molar-refractivity contribution in [1.82, 2.24) is 4.90 Å². The Labute approximate surface area is 101 Å². The summed E-state index contributed by atoms with van der Waals surface area (Å²) in [5, 5.41) is 0. The highest BCUT2D eigenvalue weighted by molar-refractivity contribution is 7.52. The van der Waals surface area contributed by atoms with Crippen LogP contribution in [0.3, 0.4) is 0 Å². The molecule has 0 bridgehead atoms. The molecule has 1 fully saturated rings. The van der Waals surface area contributed by atoms with Crippen LogP contribution in [0.1, 0.15) is 33.1 Å². The smallest absolute Gasteiger partial charge is 0.327 e. The predicted octanol–water partition coefficient (Wildman–Crippen LogP) is 0.486. The first-order chi connectivity index (χ1) is 7.73. The van der Waals surface area contributed by atoms with Gasteiger partial charge in [0.15, 0.2) is 0 Å². The van der Waals surface area contributed by atoms with Crippen molar-refractivity contribution in [2.75, 3.05) is 6.54 Å². The van der Waals surface area contributed by atoms with Gasteiger partial charge in [-0.25, -0.2) is 0 Å². The molecular formula is C10H21N2O4P. The van der Waals surface area contributed by atoms with Crippen molar-refractivity contribution < 1.29 is 19.1 Å². The van der Waals surface area contributed by atoms with E-state index in [4.69, 9.17) is 5.73 Å². The molecule has 17 heavy (non-hydrogen) atoms. The highest BCUT2D eigenvalue weighted by Crippen LogP contribution is 2.47. The van der Waals surface area contributed by atoms with Crippen LogP contribution in [0.4, 0.5) is 0 Å². The lowest BCUT2D eigenvalue weighted by Crippen LogP contribution is -2.46. The van der Waals surface area contributed by atoms with Crippen LogP contribution in [-0.4, -0.2) is 39.0 Å². The van der Waals surface area contributed by atoms with Crippen LogP contribution in [0.2, 0.25) is 0 Å². The third-order valence-corrected chi connectivity index (χ3v) is 4.25. The van der Waals surface area contributed by atoms with Gasteiger partial charge >= 0.3 is 7.60 Å². The number of hydrogen-bond donors (Lipinski definition) is 3. The molecule has 1 heterocycles. The Hall–Kier alpha value is -0.420. The molecule has 100 valence electrons. The minimum Gasteiger partial charge on any atom is -0.327 e. The molecule has 1 saturated heterocycles. The molecule has 2 atom stereocenters. The van der Waals surface area contributed by atoms with Crippen LogP contribution >= 0.6 is 7.60 Å². The minimum atomic E-state index is -4.25. The molecule has 0 aromatic carbocycles. The molecule has 1 aliphatic rings. The lowest BCUT2D eigenvalue weighted by Gasteiger charge is -2.28. The molecule has 0 saturated carbocycles. The molecule has 1 rings (SSSR count). The van der Waals surface area contributed by atoms with Gasteiger partial charge in [-0.2, -0.15) is 0 Å². The fraction of sp³-hybridized carbons (Fsp3) is 0.900. The van der Waals surface area contributed by atoms with Gasteiger partial charge in [0.2, 0.25) is 5.91 Å². The van der Waals surface area contributed by atoms with Gasteiger partial charge in [-0.05, 0) is 25.2 Å². The maximum atomic E-state index is 12.0. The Bertz CT molecular complexity index is 328. The highest BCUT2D eigenvalue weighted by Gasteiger charge is 2.41. The molecule has 1 amide bonds. The minimum absolute atomic E-state index is 0.282. The molecule has 0 aliphatic carbocycles. The van der Waals surface area contributed by atoms with Gasteiger partial charge in [-0.15, -0.1) is 0 Å². The van der Waals surface area contributed by atoms with E-state index >= 15 is 0 Å². The number of nitrogens with zero attached hydrogens (tertiary/aromatic N) is 1. The van der Waals surface area contributed by atoms with Crippen LogP contribution in [0.25, 0.3) is 0 Å². The van der Waals surface area contributed by atoms with Gasteiger partial charge in [-0.1, -0.05) is 13.8 Å². The van der Waals surface area contributed by atoms with E-state index in [1.54, 1.807) is 0 Å². The summed E-state index contributed by atoms with van der Waals surface area (Å²) in [5.74, 6) is -1.04. The molecular weight excluding hydrogens is 243 g/mol. The van der Waals surface area contributed by atoms with Crippen LogP contribution in [-0.2, 0) is 9.36 Å². The number of carbonyl (C=O) groups excluding carboxylic acids is 1. The van der Waals surface area contributed by atoms with E-state index in [2.05, 4.69) is 0 Å². The molecule has 4 N–H and O–H groups in total. The highest BCUT2D eigenvalue weighted by atomic mass is 31.2. The second-order valence-electron chi connectivity index (χ2n) is 4.98. The monoisotopic (exact) mass is 264 g/mol. The Balaban J connectivity index is 2.71. The van der Waals surface area contributed by atoms with Gasteiger partial charge in [0.1, 0.15) is 5.78 Å². The fourth-order valence-corrected chi connectivity index (χ4v) is 3.29. The maximum absolute atomic E-state index is 12.0. The second kappa shape index (κ2) is 5.48. The summed E-state index contributed by atoms with van der Waals surface area (Å²) < 4.78 is 11.3. The van der Waals surface area contributed by atoms with E-state index in [-0.39, 0.29) is 11.8 Å². The first kappa shape index (κ1) is 14.6. The van der Waals surface area contributed by atoms with E-state index in [1.165, 1.54) is 4.90 Å². The third kappa shape index (κ3) is 3.78. The van der Waals surface area contributed by atoms with Crippen LogP contribution in [0.5, 0.6) is 0 Å². The summed E-state index contributed by atoms with van der Waals surface area (Å²) in [4.78, 5) is 31.6. The molecule has 1 aliphatic heterocycles. The molecule has 0 spiro atoms. The zero-order chi connectivity index (χ0) is 13.2. The zero-order valence-corrected chi connectivity index (χ0v) is 11.1. The van der Waals surface area contributed by atoms with Crippen molar-refractivity contribution in [2.45, 2.75) is 44.9 Å². The van der Waals surface area contributed by atoms with Crippen molar-refractivity contribution in [3.8, 4) is 0 Å². The summed E-state index contributed by atoms with van der Waals surface area (Å²) in [6.45, 7) is 4.30. The second-order valence-corrected chi connectivity index (χ2v) is 6.75. The number of likely N-dealkylation sites (tertiary alicyclic amines) is 1. The molecule has 0 aromatic heterocycles. The van der Waals surface area contributed by atoms with E-state index in [9.17, 15) is 19.1 Å². The van der Waals surface area contributed by atoms with Crippen molar-refractivity contribution in [3.05, 3.63) is 0 Å². The summed E-state index contributed by atoms with van der Waals surface area (Å²) >= 11 is 0. The van der Waals surface area contributed by atoms with Crippen LogP contribution in [0.15, 0.2) is 0 Å². The van der Waals surface area contributed by atoms with Crippen LogP contribution in [0, 0.1) is 5.92 Å². The third-order valence-electron chi connectivity index (χ3n) is 2.93. The SMILES string of the molecule is CC(C)C[C@H](N)C(=O)N1CCCC1P(=O)(O)O. The standard InChI is InChI=1S/C10H21N2O4P/c1-7(2)6-8(11)10(13)12-5-3-4-9(12)17(14,15)16/h7-9H,3-6,11H2,1-2H3,(H2,14,15,16)/t8-,9?/m0/s1. The summed E-state index contributed by atoms with van der Waals surface area (Å²) in [7, 11) is -4.25. The Morgan fingerprint density at radius 3 is 2.59 bits per heavy atom. The van der Waals surface area contributed by atoms with Crippen molar-refractivity contribution >= 4 is 13.5 Å². The molecule has 1 unspecified atom stereocenters. The summed E-state index contributed by atoms with van der Waals surface area (Å²) in [6.07, 6.45) is 1.50. The van der Waals surface area contributed by atoms with Gasteiger partial charge in [-0.3, -0.25) is 9.36 Å². The molecule has 0 radical (unpaired) electrons. The Kier molecular flexibility index (Phi) is 4.72. The fourth-order valence-electron chi connectivity index (χ4n) is 2.18. The van der Waals surface area contributed by atoms with E-state index in [0.29, 0.717) is 25.8 Å². The van der Waals surface area contributed by atoms with E-state index in [1.807, 2.05) is 13.8 Å². The lowest BCUT2D eigenvalue weighted by atomic mass is 10.0. The molecule has 7 heteroatoms. The number of carbonyl (C=O) groups is 1. The zero-order valence-electron chi connectivity index (χ0n) is 10.2. The predicted molar refractivity (Wildman–Crippen MR) is 64.2 cm³/mol. The maximum Gasteiger partial charge on any atom is 0.347 e. The van der Waals surface area contributed by atoms with E-state index in [0.717, 1.165) is 0 Å². The average Bonchev–Trinajstić information content (AvgIpc) is 2.62. The number of rotatable bonds is 4. The quantitative estimate of drug-likeness (QED) is 0.641. The van der Waals surface area contributed by atoms with Gasteiger partial charge in [0.25, 0.3) is 0 Å².